The van der Waals surface area contributed by atoms with Gasteiger partial charge in [-0.1, -0.05) is 120 Å². The fourth-order valence-electron chi connectivity index (χ4n) is 5.08. The van der Waals surface area contributed by atoms with Crippen LogP contribution in [-0.2, 0) is 0 Å². The van der Waals surface area contributed by atoms with E-state index >= 15 is 0 Å². The maximum Gasteiger partial charge on any atom is -0.0297 e. The van der Waals surface area contributed by atoms with Crippen LogP contribution in [-0.4, -0.2) is 0 Å². The van der Waals surface area contributed by atoms with Gasteiger partial charge in [-0.3, -0.25) is 0 Å². The van der Waals surface area contributed by atoms with Crippen molar-refractivity contribution < 1.29 is 0 Å². The molecule has 0 aliphatic heterocycles. The van der Waals surface area contributed by atoms with Gasteiger partial charge >= 0.3 is 0 Å². The Labute approximate surface area is 181 Å². The quantitative estimate of drug-likeness (QED) is 0.308. The molecule has 1 saturated carbocycles. The lowest BCUT2D eigenvalue weighted by Gasteiger charge is -2.35. The van der Waals surface area contributed by atoms with Crippen LogP contribution in [0.25, 0.3) is 0 Å². The van der Waals surface area contributed by atoms with Crippen molar-refractivity contribution in [1.29, 1.82) is 0 Å². The minimum atomic E-state index is 0.556. The molecule has 0 atom stereocenters. The van der Waals surface area contributed by atoms with Crippen molar-refractivity contribution in [2.45, 2.75) is 158 Å². The zero-order chi connectivity index (χ0) is 21.5. The minimum Gasteiger partial charge on any atom is -0.0654 e. The Morgan fingerprint density at radius 3 is 1.14 bits per heavy atom. The van der Waals surface area contributed by atoms with E-state index in [1.807, 2.05) is 0 Å². The highest BCUT2D eigenvalue weighted by atomic mass is 14.3. The van der Waals surface area contributed by atoms with Crippen LogP contribution in [0, 0.1) is 22.7 Å². The Bertz CT molecular complexity index is 289. The van der Waals surface area contributed by atoms with Crippen LogP contribution >= 0.6 is 0 Å². The van der Waals surface area contributed by atoms with E-state index in [0.29, 0.717) is 10.8 Å². The summed E-state index contributed by atoms with van der Waals surface area (Å²) in [6.45, 7) is 18.9. The molecule has 0 aromatic rings. The van der Waals surface area contributed by atoms with Crippen molar-refractivity contribution in [2.75, 3.05) is 0 Å². The maximum absolute atomic E-state index is 2.39. The van der Waals surface area contributed by atoms with E-state index in [4.69, 9.17) is 0 Å². The third-order valence-electron chi connectivity index (χ3n) is 7.48. The van der Waals surface area contributed by atoms with Crippen molar-refractivity contribution in [3.63, 3.8) is 0 Å². The van der Waals surface area contributed by atoms with E-state index in [1.54, 1.807) is 0 Å². The largest absolute Gasteiger partial charge is 0.0654 e. The molecular formula is C28H58. The number of rotatable bonds is 12. The summed E-state index contributed by atoms with van der Waals surface area (Å²) in [6, 6.07) is 0. The Hall–Kier alpha value is 0. The molecule has 0 heterocycles. The van der Waals surface area contributed by atoms with Crippen LogP contribution in [0.3, 0.4) is 0 Å². The molecule has 0 unspecified atom stereocenters. The molecule has 0 aromatic carbocycles. The number of unbranched alkanes of at least 4 members (excludes halogenated alkanes) is 4. The van der Waals surface area contributed by atoms with Crippen LogP contribution in [0.5, 0.6) is 0 Å². The molecule has 0 nitrogen and oxygen atoms in total. The van der Waals surface area contributed by atoms with Crippen LogP contribution in [0.1, 0.15) is 158 Å². The summed E-state index contributed by atoms with van der Waals surface area (Å²) in [4.78, 5) is 0. The molecule has 0 amide bonds. The highest BCUT2D eigenvalue weighted by Gasteiger charge is 2.28. The van der Waals surface area contributed by atoms with E-state index in [0.717, 1.165) is 11.8 Å². The normalized spacial score (nSPS) is 20.6. The van der Waals surface area contributed by atoms with E-state index in [1.165, 1.54) is 103 Å². The Morgan fingerprint density at radius 2 is 0.893 bits per heavy atom. The summed E-state index contributed by atoms with van der Waals surface area (Å²) in [7, 11) is 0. The highest BCUT2D eigenvalue weighted by Crippen LogP contribution is 2.41. The molecule has 0 radical (unpaired) electrons. The smallest absolute Gasteiger partial charge is 0.0297 e. The first-order chi connectivity index (χ1) is 13.2. The van der Waals surface area contributed by atoms with Gasteiger partial charge in [-0.15, -0.1) is 0 Å². The summed E-state index contributed by atoms with van der Waals surface area (Å²) in [6.07, 6.45) is 23.0. The van der Waals surface area contributed by atoms with Crippen LogP contribution in [0.2, 0.25) is 0 Å². The van der Waals surface area contributed by atoms with Crippen molar-refractivity contribution in [3.05, 3.63) is 0 Å². The zero-order valence-corrected chi connectivity index (χ0v) is 21.5. The Kier molecular flexibility index (Phi) is 15.8. The predicted molar refractivity (Wildman–Crippen MR) is 131 cm³/mol. The molecule has 0 spiro atoms. The summed E-state index contributed by atoms with van der Waals surface area (Å²) in [5.41, 5.74) is 1.26. The van der Waals surface area contributed by atoms with Gasteiger partial charge in [0.25, 0.3) is 0 Å². The molecule has 0 bridgehead atoms. The van der Waals surface area contributed by atoms with E-state index in [9.17, 15) is 0 Å². The second-order valence-corrected chi connectivity index (χ2v) is 11.2. The molecule has 1 aliphatic carbocycles. The molecule has 170 valence electrons. The Morgan fingerprint density at radius 1 is 0.571 bits per heavy atom. The Balaban J connectivity index is 0.000000567. The first-order valence-corrected chi connectivity index (χ1v) is 13.2. The lowest BCUT2D eigenvalue weighted by molar-refractivity contribution is 0.155. The SMILES string of the molecule is CC1CCC(C(C)(C)C)CC1.CCCCC(CCCC)(CCCC)CCCC. The second-order valence-electron chi connectivity index (χ2n) is 11.2. The lowest BCUT2D eigenvalue weighted by Crippen LogP contribution is -2.24. The molecule has 1 aliphatic rings. The molecule has 0 aromatic heterocycles. The highest BCUT2D eigenvalue weighted by molar-refractivity contribution is 4.80. The summed E-state index contributed by atoms with van der Waals surface area (Å²) in [5, 5.41) is 0. The molecule has 0 heteroatoms. The second kappa shape index (κ2) is 15.8. The van der Waals surface area contributed by atoms with Gasteiger partial charge in [0.15, 0.2) is 0 Å². The van der Waals surface area contributed by atoms with Crippen molar-refractivity contribution >= 4 is 0 Å². The van der Waals surface area contributed by atoms with E-state index in [-0.39, 0.29) is 0 Å². The van der Waals surface area contributed by atoms with Gasteiger partial charge in [0.1, 0.15) is 0 Å². The summed E-state index contributed by atoms with van der Waals surface area (Å²) in [5.74, 6) is 1.98. The maximum atomic E-state index is 2.39. The first-order valence-electron chi connectivity index (χ1n) is 13.2. The molecule has 1 fully saturated rings. The monoisotopic (exact) mass is 394 g/mol. The van der Waals surface area contributed by atoms with Gasteiger partial charge in [-0.25, -0.2) is 0 Å². The van der Waals surface area contributed by atoms with Crippen molar-refractivity contribution in [3.8, 4) is 0 Å². The molecule has 1 rings (SSSR count). The third kappa shape index (κ3) is 12.5. The fraction of sp³-hybridized carbons (Fsp3) is 1.00. The van der Waals surface area contributed by atoms with E-state index in [2.05, 4.69) is 55.4 Å². The van der Waals surface area contributed by atoms with E-state index < -0.39 is 0 Å². The van der Waals surface area contributed by atoms with Crippen molar-refractivity contribution in [2.24, 2.45) is 22.7 Å². The average molecular weight is 395 g/mol. The molecule has 0 N–H and O–H groups in total. The van der Waals surface area contributed by atoms with Gasteiger partial charge in [-0.2, -0.15) is 0 Å². The number of hydrogen-bond donors (Lipinski definition) is 0. The third-order valence-corrected chi connectivity index (χ3v) is 7.48. The van der Waals surface area contributed by atoms with Gasteiger partial charge < -0.3 is 0 Å². The molecular weight excluding hydrogens is 336 g/mol. The summed E-state index contributed by atoms with van der Waals surface area (Å²) < 4.78 is 0. The van der Waals surface area contributed by atoms with Crippen LogP contribution in [0.4, 0.5) is 0 Å². The standard InChI is InChI=1S/C17H36.C11H22/c1-5-9-13-17(14-10-6-2,15-11-7-3)16-12-8-4;1-9-5-7-10(8-6-9)11(2,3)4/h5-16H2,1-4H3;9-10H,5-8H2,1-4H3. The lowest BCUT2D eigenvalue weighted by atomic mass is 9.70. The van der Waals surface area contributed by atoms with Gasteiger partial charge in [0.05, 0.1) is 0 Å². The van der Waals surface area contributed by atoms with Crippen molar-refractivity contribution in [1.82, 2.24) is 0 Å². The van der Waals surface area contributed by atoms with Crippen LogP contribution in [0.15, 0.2) is 0 Å². The van der Waals surface area contributed by atoms with Gasteiger partial charge in [-0.05, 0) is 61.2 Å². The molecule has 28 heavy (non-hydrogen) atoms. The minimum absolute atomic E-state index is 0.556. The fourth-order valence-corrected chi connectivity index (χ4v) is 5.08. The molecule has 0 saturated heterocycles. The number of hydrogen-bond acceptors (Lipinski definition) is 0. The van der Waals surface area contributed by atoms with Gasteiger partial charge in [0.2, 0.25) is 0 Å². The summed E-state index contributed by atoms with van der Waals surface area (Å²) >= 11 is 0. The predicted octanol–water partition coefficient (Wildman–Crippen LogP) is 10.6. The first kappa shape index (κ1) is 28.0. The zero-order valence-electron chi connectivity index (χ0n) is 21.5. The topological polar surface area (TPSA) is 0 Å². The van der Waals surface area contributed by atoms with Gasteiger partial charge in [0, 0.05) is 0 Å². The average Bonchev–Trinajstić information content (AvgIpc) is 2.67. The van der Waals surface area contributed by atoms with Crippen LogP contribution < -0.4 is 0 Å².